The van der Waals surface area contributed by atoms with Crippen LogP contribution in [0.2, 0.25) is 0 Å². The molecule has 1 aliphatic rings. The van der Waals surface area contributed by atoms with Gasteiger partial charge in [-0.2, -0.15) is 5.10 Å². The van der Waals surface area contributed by atoms with Gasteiger partial charge in [0.25, 0.3) is 5.91 Å². The second-order valence-electron chi connectivity index (χ2n) is 7.48. The molecule has 1 saturated carbocycles. The molecule has 0 atom stereocenters. The molecular weight excluding hydrogens is 400 g/mol. The molecule has 7 heteroatoms. The zero-order valence-corrected chi connectivity index (χ0v) is 17.8. The lowest BCUT2D eigenvalue weighted by molar-refractivity contribution is 0.0920. The number of carbonyl (C=O) groups is 1. The van der Waals surface area contributed by atoms with E-state index in [2.05, 4.69) is 10.4 Å². The van der Waals surface area contributed by atoms with E-state index in [1.165, 1.54) is 0 Å². The lowest BCUT2D eigenvalue weighted by atomic mass is 9.92. The van der Waals surface area contributed by atoms with E-state index in [1.54, 1.807) is 7.11 Å². The number of carbonyl (C=O) groups excluding carboxylic acids is 1. The van der Waals surface area contributed by atoms with E-state index in [9.17, 15) is 4.79 Å². The van der Waals surface area contributed by atoms with E-state index < -0.39 is 0 Å². The molecule has 1 aromatic heterocycles. The highest BCUT2D eigenvalue weighted by molar-refractivity contribution is 5.93. The smallest absolute Gasteiger partial charge is 0.272 e. The Morgan fingerprint density at radius 2 is 1.73 bits per heavy atom. The highest BCUT2D eigenvalue weighted by atomic mass is 35.5. The largest absolute Gasteiger partial charge is 0.497 e. The van der Waals surface area contributed by atoms with Crippen molar-refractivity contribution in [2.75, 3.05) is 7.11 Å². The van der Waals surface area contributed by atoms with E-state index in [-0.39, 0.29) is 30.4 Å². The van der Waals surface area contributed by atoms with Crippen LogP contribution in [0, 0.1) is 0 Å². The third kappa shape index (κ3) is 4.83. The van der Waals surface area contributed by atoms with Crippen LogP contribution in [0.5, 0.6) is 5.75 Å². The van der Waals surface area contributed by atoms with Crippen molar-refractivity contribution in [2.45, 2.75) is 37.8 Å². The first-order valence-electron chi connectivity index (χ1n) is 10.0. The quantitative estimate of drug-likeness (QED) is 0.646. The van der Waals surface area contributed by atoms with Crippen LogP contribution in [0.4, 0.5) is 0 Å². The third-order valence-electron chi connectivity index (χ3n) is 5.44. The number of nitrogens with zero attached hydrogens (tertiary/aromatic N) is 2. The van der Waals surface area contributed by atoms with Crippen LogP contribution >= 0.6 is 12.4 Å². The summed E-state index contributed by atoms with van der Waals surface area (Å²) in [6.45, 7) is 0. The first-order chi connectivity index (χ1) is 14.1. The summed E-state index contributed by atoms with van der Waals surface area (Å²) in [5.41, 5.74) is 9.11. The maximum absolute atomic E-state index is 12.9. The van der Waals surface area contributed by atoms with E-state index in [1.807, 2.05) is 65.3 Å². The molecule has 1 amide bonds. The Labute approximate surface area is 182 Å². The van der Waals surface area contributed by atoms with Crippen LogP contribution in [-0.4, -0.2) is 34.9 Å². The maximum atomic E-state index is 12.9. The monoisotopic (exact) mass is 426 g/mol. The number of methoxy groups -OCH3 is 1. The van der Waals surface area contributed by atoms with Crippen LogP contribution in [0.15, 0.2) is 60.7 Å². The summed E-state index contributed by atoms with van der Waals surface area (Å²) in [7, 11) is 1.64. The van der Waals surface area contributed by atoms with Gasteiger partial charge in [0.05, 0.1) is 18.5 Å². The van der Waals surface area contributed by atoms with E-state index in [0.29, 0.717) is 5.69 Å². The highest BCUT2D eigenvalue weighted by Gasteiger charge is 2.23. The third-order valence-corrected chi connectivity index (χ3v) is 5.44. The molecule has 2 aromatic carbocycles. The van der Waals surface area contributed by atoms with Crippen molar-refractivity contribution in [1.82, 2.24) is 15.1 Å². The van der Waals surface area contributed by atoms with Crippen molar-refractivity contribution in [3.05, 3.63) is 66.4 Å². The Balaban J connectivity index is 0.00000256. The molecule has 0 saturated heterocycles. The van der Waals surface area contributed by atoms with Gasteiger partial charge in [0.15, 0.2) is 5.69 Å². The average Bonchev–Trinajstić information content (AvgIpc) is 3.22. The molecule has 4 rings (SSSR count). The summed E-state index contributed by atoms with van der Waals surface area (Å²) in [6.07, 6.45) is 3.72. The molecule has 0 bridgehead atoms. The summed E-state index contributed by atoms with van der Waals surface area (Å²) < 4.78 is 7.07. The number of hydrogen-bond donors (Lipinski definition) is 2. The summed E-state index contributed by atoms with van der Waals surface area (Å²) in [4.78, 5) is 12.9. The van der Waals surface area contributed by atoms with Gasteiger partial charge in [-0.3, -0.25) is 4.79 Å². The van der Waals surface area contributed by atoms with Gasteiger partial charge in [-0.05, 0) is 68.1 Å². The molecule has 1 aliphatic carbocycles. The SMILES string of the molecule is COc1ccc(-c2cc(C(=O)NC3CCC(N)CC3)nn2-c2ccccc2)cc1.Cl. The van der Waals surface area contributed by atoms with Crippen molar-refractivity contribution in [3.8, 4) is 22.7 Å². The molecule has 30 heavy (non-hydrogen) atoms. The Kier molecular flexibility index (Phi) is 7.13. The summed E-state index contributed by atoms with van der Waals surface area (Å²) >= 11 is 0. The Bertz CT molecular complexity index is 965. The van der Waals surface area contributed by atoms with Gasteiger partial charge in [0.2, 0.25) is 0 Å². The maximum Gasteiger partial charge on any atom is 0.272 e. The molecule has 0 unspecified atom stereocenters. The molecule has 0 radical (unpaired) electrons. The summed E-state index contributed by atoms with van der Waals surface area (Å²) in [5.74, 6) is 0.642. The number of nitrogens with one attached hydrogen (secondary N) is 1. The van der Waals surface area contributed by atoms with Gasteiger partial charge < -0.3 is 15.8 Å². The lowest BCUT2D eigenvalue weighted by Crippen LogP contribution is -2.40. The molecule has 1 fully saturated rings. The van der Waals surface area contributed by atoms with Gasteiger partial charge in [-0.15, -0.1) is 12.4 Å². The molecule has 3 N–H and O–H groups in total. The van der Waals surface area contributed by atoms with Gasteiger partial charge in [-0.1, -0.05) is 18.2 Å². The fourth-order valence-corrected chi connectivity index (χ4v) is 3.75. The standard InChI is InChI=1S/C23H26N4O2.ClH/c1-29-20-13-7-16(8-14-20)22-15-21(26-27(22)19-5-3-2-4-6-19)23(28)25-18-11-9-17(24)10-12-18;/h2-8,13-15,17-18H,9-12,24H2,1H3,(H,25,28);1H. The summed E-state index contributed by atoms with van der Waals surface area (Å²) in [5, 5.41) is 7.76. The van der Waals surface area contributed by atoms with Gasteiger partial charge >= 0.3 is 0 Å². The van der Waals surface area contributed by atoms with Crippen LogP contribution in [-0.2, 0) is 0 Å². The number of halogens is 1. The van der Waals surface area contributed by atoms with Crippen molar-refractivity contribution in [1.29, 1.82) is 0 Å². The number of ether oxygens (including phenoxy) is 1. The van der Waals surface area contributed by atoms with Crippen LogP contribution < -0.4 is 15.8 Å². The molecular formula is C23H27ClN4O2. The second kappa shape index (κ2) is 9.78. The highest BCUT2D eigenvalue weighted by Crippen LogP contribution is 2.26. The average molecular weight is 427 g/mol. The molecule has 0 aliphatic heterocycles. The number of para-hydroxylation sites is 1. The van der Waals surface area contributed by atoms with Gasteiger partial charge in [0, 0.05) is 17.6 Å². The molecule has 6 nitrogen and oxygen atoms in total. The fourth-order valence-electron chi connectivity index (χ4n) is 3.75. The van der Waals surface area contributed by atoms with Crippen LogP contribution in [0.25, 0.3) is 16.9 Å². The minimum Gasteiger partial charge on any atom is -0.497 e. The number of amides is 1. The number of nitrogens with two attached hydrogens (primary N) is 1. The first-order valence-corrected chi connectivity index (χ1v) is 10.0. The van der Waals surface area contributed by atoms with Crippen molar-refractivity contribution in [3.63, 3.8) is 0 Å². The topological polar surface area (TPSA) is 82.2 Å². The predicted molar refractivity (Wildman–Crippen MR) is 120 cm³/mol. The Morgan fingerprint density at radius 1 is 1.07 bits per heavy atom. The first kappa shape index (κ1) is 21.9. The van der Waals surface area contributed by atoms with Crippen molar-refractivity contribution < 1.29 is 9.53 Å². The molecule has 1 heterocycles. The number of hydrogen-bond acceptors (Lipinski definition) is 4. The Morgan fingerprint density at radius 3 is 2.37 bits per heavy atom. The molecule has 3 aromatic rings. The molecule has 158 valence electrons. The van der Waals surface area contributed by atoms with Crippen LogP contribution in [0.1, 0.15) is 36.2 Å². The zero-order chi connectivity index (χ0) is 20.2. The minimum atomic E-state index is -0.144. The predicted octanol–water partition coefficient (Wildman–Crippen LogP) is 3.97. The van der Waals surface area contributed by atoms with Crippen molar-refractivity contribution in [2.24, 2.45) is 5.73 Å². The van der Waals surface area contributed by atoms with Crippen LogP contribution in [0.3, 0.4) is 0 Å². The zero-order valence-electron chi connectivity index (χ0n) is 17.0. The van der Waals surface area contributed by atoms with E-state index >= 15 is 0 Å². The van der Waals surface area contributed by atoms with Crippen molar-refractivity contribution >= 4 is 18.3 Å². The Hall–Kier alpha value is -2.83. The number of rotatable bonds is 5. The van der Waals surface area contributed by atoms with Gasteiger partial charge in [0.1, 0.15) is 5.75 Å². The van der Waals surface area contributed by atoms with E-state index in [0.717, 1.165) is 48.4 Å². The summed E-state index contributed by atoms with van der Waals surface area (Å²) in [6, 6.07) is 19.8. The minimum absolute atomic E-state index is 0. The normalized spacial score (nSPS) is 18.3. The number of benzene rings is 2. The van der Waals surface area contributed by atoms with Gasteiger partial charge in [-0.25, -0.2) is 4.68 Å². The fraction of sp³-hybridized carbons (Fsp3) is 0.304. The van der Waals surface area contributed by atoms with E-state index in [4.69, 9.17) is 10.5 Å². The molecule has 0 spiro atoms. The lowest BCUT2D eigenvalue weighted by Gasteiger charge is -2.26. The second-order valence-corrected chi connectivity index (χ2v) is 7.48. The number of aromatic nitrogens is 2.